The van der Waals surface area contributed by atoms with Crippen LogP contribution in [0.25, 0.3) is 22.4 Å². The molecule has 0 saturated heterocycles. The van der Waals surface area contributed by atoms with Gasteiger partial charge in [-0.25, -0.2) is 23.7 Å². The van der Waals surface area contributed by atoms with Gasteiger partial charge in [0.1, 0.15) is 41.3 Å². The number of nitrogens with zero attached hydrogens (tertiary/aromatic N) is 5. The van der Waals surface area contributed by atoms with Gasteiger partial charge < -0.3 is 20.5 Å². The van der Waals surface area contributed by atoms with Crippen LogP contribution in [-0.2, 0) is 24.2 Å². The highest BCUT2D eigenvalue weighted by Crippen LogP contribution is 2.39. The fourth-order valence-electron chi connectivity index (χ4n) is 5.59. The van der Waals surface area contributed by atoms with Gasteiger partial charge in [-0.3, -0.25) is 9.48 Å². The van der Waals surface area contributed by atoms with Crippen molar-refractivity contribution >= 4 is 34.1 Å². The lowest BCUT2D eigenvalue weighted by Crippen LogP contribution is -2.25. The summed E-state index contributed by atoms with van der Waals surface area (Å²) in [7, 11) is 0. The van der Waals surface area contributed by atoms with Crippen LogP contribution in [0.3, 0.4) is 0 Å². The van der Waals surface area contributed by atoms with Crippen molar-refractivity contribution in [2.24, 2.45) is 5.41 Å². The van der Waals surface area contributed by atoms with Crippen LogP contribution in [0.15, 0.2) is 54.7 Å². The molecule has 0 saturated carbocycles. The quantitative estimate of drug-likeness (QED) is 0.190. The Kier molecular flexibility index (Phi) is 8.15. The van der Waals surface area contributed by atoms with Crippen LogP contribution >= 0.6 is 0 Å². The van der Waals surface area contributed by atoms with Crippen LogP contribution in [0.4, 0.5) is 26.1 Å². The van der Waals surface area contributed by atoms with E-state index < -0.39 is 11.6 Å². The zero-order valence-electron chi connectivity index (χ0n) is 25.2. The first-order chi connectivity index (χ1) is 21.6. The second kappa shape index (κ2) is 12.2. The number of pyridine rings is 1. The zero-order valence-corrected chi connectivity index (χ0v) is 25.2. The van der Waals surface area contributed by atoms with E-state index in [1.165, 1.54) is 6.92 Å². The minimum atomic E-state index is -0.779. The molecule has 2 aromatic carbocycles. The lowest BCUT2D eigenvalue weighted by atomic mass is 9.76. The summed E-state index contributed by atoms with van der Waals surface area (Å²) in [6.45, 7) is 5.32. The third kappa shape index (κ3) is 6.46. The molecule has 0 fully saturated rings. The fraction of sp³-hybridized carbons (Fsp3) is 0.303. The summed E-state index contributed by atoms with van der Waals surface area (Å²) in [6.07, 6.45) is 4.08. The van der Waals surface area contributed by atoms with Gasteiger partial charge in [0.2, 0.25) is 5.91 Å². The normalized spacial score (nSPS) is 13.8. The van der Waals surface area contributed by atoms with E-state index in [4.69, 9.17) is 24.9 Å². The molecule has 10 nitrogen and oxygen atoms in total. The van der Waals surface area contributed by atoms with Gasteiger partial charge in [-0.05, 0) is 36.8 Å². The Balaban J connectivity index is 1.43. The van der Waals surface area contributed by atoms with Gasteiger partial charge in [0.25, 0.3) is 0 Å². The van der Waals surface area contributed by atoms with Crippen LogP contribution in [0.1, 0.15) is 44.0 Å². The largest absolute Gasteiger partial charge is 0.491 e. The lowest BCUT2D eigenvalue weighted by molar-refractivity contribution is -0.114. The summed E-state index contributed by atoms with van der Waals surface area (Å²) in [5.41, 5.74) is 3.62. The molecular formula is C33H33F2N7O3. The van der Waals surface area contributed by atoms with E-state index in [0.29, 0.717) is 34.4 Å². The molecule has 1 amide bonds. The van der Waals surface area contributed by atoms with Crippen molar-refractivity contribution in [3.63, 3.8) is 0 Å². The number of hydrogen-bond acceptors (Lipinski definition) is 8. The highest BCUT2D eigenvalue weighted by atomic mass is 19.1. The standard InChI is InChI=1S/C33H33F2N7O3/c1-19(44)37-29-14-20(9-11-36-29)38-31-22-8-10-33(2,3)17-27(22)39-32(40-31)30-23-6-4-5-7-28(23)42(41-30)18-24-25(34)15-21(16-26(24)35)45-13-12-43/h4-7,9,11,14-16,43H,8,10,12-13,17-18H2,1-3H3,(H2,36,37,38,39,40,44). The first kappa shape index (κ1) is 30.1. The summed E-state index contributed by atoms with van der Waals surface area (Å²) in [5.74, 6) is -0.366. The number of amides is 1. The number of ether oxygens (including phenoxy) is 1. The molecule has 45 heavy (non-hydrogen) atoms. The highest BCUT2D eigenvalue weighted by molar-refractivity contribution is 5.92. The first-order valence-corrected chi connectivity index (χ1v) is 14.7. The lowest BCUT2D eigenvalue weighted by Gasteiger charge is -2.31. The Morgan fingerprint density at radius 3 is 2.64 bits per heavy atom. The van der Waals surface area contributed by atoms with Crippen LogP contribution < -0.4 is 15.4 Å². The third-order valence-electron chi connectivity index (χ3n) is 7.77. The predicted octanol–water partition coefficient (Wildman–Crippen LogP) is 5.80. The summed E-state index contributed by atoms with van der Waals surface area (Å²) >= 11 is 0. The predicted molar refractivity (Wildman–Crippen MR) is 166 cm³/mol. The number of aliphatic hydroxyl groups excluding tert-OH is 1. The number of nitrogens with one attached hydrogen (secondary N) is 2. The molecule has 6 rings (SSSR count). The third-order valence-corrected chi connectivity index (χ3v) is 7.77. The van der Waals surface area contributed by atoms with Crippen molar-refractivity contribution < 1.29 is 23.4 Å². The van der Waals surface area contributed by atoms with E-state index in [0.717, 1.165) is 48.0 Å². The van der Waals surface area contributed by atoms with Gasteiger partial charge in [0, 0.05) is 53.5 Å². The molecule has 0 atom stereocenters. The van der Waals surface area contributed by atoms with E-state index in [1.54, 1.807) is 23.0 Å². The number of hydrogen-bond donors (Lipinski definition) is 3. The van der Waals surface area contributed by atoms with Crippen LogP contribution in [-0.4, -0.2) is 49.0 Å². The molecule has 3 N–H and O–H groups in total. The van der Waals surface area contributed by atoms with Crippen molar-refractivity contribution in [2.45, 2.75) is 46.6 Å². The molecule has 1 aliphatic rings. The van der Waals surface area contributed by atoms with Gasteiger partial charge in [0.15, 0.2) is 5.82 Å². The van der Waals surface area contributed by atoms with Gasteiger partial charge in [0.05, 0.1) is 24.4 Å². The number of fused-ring (bicyclic) bond motifs is 2. The number of carbonyl (C=O) groups is 1. The van der Waals surface area contributed by atoms with E-state index in [1.807, 2.05) is 24.3 Å². The highest BCUT2D eigenvalue weighted by Gasteiger charge is 2.30. The fourth-order valence-corrected chi connectivity index (χ4v) is 5.59. The van der Waals surface area contributed by atoms with Crippen molar-refractivity contribution in [2.75, 3.05) is 23.8 Å². The number of anilines is 3. The minimum absolute atomic E-state index is 0.00221. The van der Waals surface area contributed by atoms with Gasteiger partial charge in [-0.15, -0.1) is 0 Å². The molecule has 0 aliphatic heterocycles. The number of benzene rings is 2. The molecule has 1 aliphatic carbocycles. The van der Waals surface area contributed by atoms with Crippen molar-refractivity contribution in [3.05, 3.63) is 83.2 Å². The first-order valence-electron chi connectivity index (χ1n) is 14.7. The molecule has 3 aromatic heterocycles. The Bertz CT molecular complexity index is 1880. The average molecular weight is 614 g/mol. The Morgan fingerprint density at radius 2 is 1.89 bits per heavy atom. The summed E-state index contributed by atoms with van der Waals surface area (Å²) in [5, 5.41) is 20.6. The Hall–Kier alpha value is -4.97. The monoisotopic (exact) mass is 613 g/mol. The second-order valence-corrected chi connectivity index (χ2v) is 11.9. The Morgan fingerprint density at radius 1 is 1.11 bits per heavy atom. The van der Waals surface area contributed by atoms with Gasteiger partial charge in [-0.1, -0.05) is 32.0 Å². The van der Waals surface area contributed by atoms with E-state index in [-0.39, 0.29) is 42.4 Å². The van der Waals surface area contributed by atoms with Crippen LogP contribution in [0.2, 0.25) is 0 Å². The van der Waals surface area contributed by atoms with Crippen molar-refractivity contribution in [1.29, 1.82) is 0 Å². The number of rotatable bonds is 9. The number of halogens is 2. The van der Waals surface area contributed by atoms with E-state index in [2.05, 4.69) is 29.5 Å². The van der Waals surface area contributed by atoms with Crippen molar-refractivity contribution in [1.82, 2.24) is 24.7 Å². The smallest absolute Gasteiger partial charge is 0.222 e. The number of carbonyl (C=O) groups excluding carboxylic acids is 1. The van der Waals surface area contributed by atoms with Crippen LogP contribution in [0.5, 0.6) is 5.75 Å². The Labute approximate surface area is 258 Å². The summed E-state index contributed by atoms with van der Waals surface area (Å²) < 4.78 is 36.9. The molecule has 0 radical (unpaired) electrons. The molecule has 0 spiro atoms. The summed E-state index contributed by atoms with van der Waals surface area (Å²) in [4.78, 5) is 25.7. The number of aliphatic hydroxyl groups is 1. The molecule has 232 valence electrons. The molecule has 0 bridgehead atoms. The molecule has 0 unspecified atom stereocenters. The van der Waals surface area contributed by atoms with Crippen molar-refractivity contribution in [3.8, 4) is 17.3 Å². The maximum Gasteiger partial charge on any atom is 0.222 e. The van der Waals surface area contributed by atoms with Gasteiger partial charge >= 0.3 is 0 Å². The number of aromatic nitrogens is 5. The molecule has 12 heteroatoms. The molecule has 5 aromatic rings. The SMILES string of the molecule is CC(=O)Nc1cc(Nc2nc(-c3nn(Cc4c(F)cc(OCCO)cc4F)c4ccccc34)nc3c2CCC(C)(C)C3)ccn1. The molecular weight excluding hydrogens is 580 g/mol. The van der Waals surface area contributed by atoms with Crippen LogP contribution in [0, 0.1) is 17.0 Å². The van der Waals surface area contributed by atoms with Gasteiger partial charge in [-0.2, -0.15) is 5.10 Å². The maximum atomic E-state index is 15.1. The topological polar surface area (TPSA) is 127 Å². The zero-order chi connectivity index (χ0) is 31.7. The van der Waals surface area contributed by atoms with E-state index in [9.17, 15) is 4.79 Å². The minimum Gasteiger partial charge on any atom is -0.491 e. The maximum absolute atomic E-state index is 15.1. The summed E-state index contributed by atoms with van der Waals surface area (Å²) in [6, 6.07) is 13.1. The molecule has 3 heterocycles. The average Bonchev–Trinajstić information content (AvgIpc) is 3.35. The van der Waals surface area contributed by atoms with E-state index >= 15 is 8.78 Å². The number of para-hydroxylation sites is 1. The second-order valence-electron chi connectivity index (χ2n) is 11.9.